The van der Waals surface area contributed by atoms with E-state index < -0.39 is 41.0 Å². The first-order valence-electron chi connectivity index (χ1n) is 11.3. The van der Waals surface area contributed by atoms with Gasteiger partial charge in [-0.3, -0.25) is 14.5 Å². The summed E-state index contributed by atoms with van der Waals surface area (Å²) in [5.41, 5.74) is -1.56. The van der Waals surface area contributed by atoms with Crippen molar-refractivity contribution in [2.24, 2.45) is 0 Å². The summed E-state index contributed by atoms with van der Waals surface area (Å²) in [4.78, 5) is 53.2. The molecule has 3 atom stereocenters. The van der Waals surface area contributed by atoms with Gasteiger partial charge >= 0.3 is 12.0 Å². The first kappa shape index (κ1) is 27.7. The lowest BCUT2D eigenvalue weighted by atomic mass is 9.97. The maximum absolute atomic E-state index is 13.4. The van der Waals surface area contributed by atoms with E-state index in [-0.39, 0.29) is 17.2 Å². The van der Waals surface area contributed by atoms with Gasteiger partial charge in [-0.05, 0) is 30.0 Å². The van der Waals surface area contributed by atoms with Crippen LogP contribution in [0.2, 0.25) is 0 Å². The van der Waals surface area contributed by atoms with E-state index in [0.29, 0.717) is 26.9 Å². The van der Waals surface area contributed by atoms with Crippen LogP contribution in [0.5, 0.6) is 0 Å². The molecule has 4 amide bonds. The van der Waals surface area contributed by atoms with Gasteiger partial charge in [0.1, 0.15) is 17.1 Å². The van der Waals surface area contributed by atoms with Crippen molar-refractivity contribution in [3.8, 4) is 0 Å². The van der Waals surface area contributed by atoms with Crippen LogP contribution < -0.4 is 20.8 Å². The number of carboxylic acid groups (broad SMARTS) is 1. The van der Waals surface area contributed by atoms with Gasteiger partial charge in [0.15, 0.2) is 5.03 Å². The number of urea groups is 1. The number of nitrogens with one attached hydrogen (secondary N) is 3. The smallest absolute Gasteiger partial charge is 0.352 e. The molecule has 16 heteroatoms. The third kappa shape index (κ3) is 5.29. The molecule has 4 N–H and O–H groups in total. The average Bonchev–Trinajstić information content (AvgIpc) is 3.43. The lowest BCUT2D eigenvalue weighted by Crippen LogP contribution is -2.81. The van der Waals surface area contributed by atoms with Crippen molar-refractivity contribution < 1.29 is 33.9 Å². The van der Waals surface area contributed by atoms with Gasteiger partial charge in [-0.15, -0.1) is 23.1 Å². The minimum Gasteiger partial charge on any atom is -0.594 e. The van der Waals surface area contributed by atoms with Crippen molar-refractivity contribution in [1.29, 1.82) is 0 Å². The number of aliphatic carboxylic acids is 1. The quantitative estimate of drug-likeness (QED) is 0.103. The summed E-state index contributed by atoms with van der Waals surface area (Å²) in [6.07, 6.45) is 1.24. The zero-order chi connectivity index (χ0) is 27.4. The summed E-state index contributed by atoms with van der Waals surface area (Å²) in [5.74, 6) is -2.31. The molecule has 0 saturated carbocycles. The van der Waals surface area contributed by atoms with Crippen molar-refractivity contribution in [2.75, 3.05) is 25.2 Å². The van der Waals surface area contributed by atoms with E-state index in [9.17, 15) is 29.5 Å². The largest absolute Gasteiger partial charge is 0.594 e. The number of amides is 4. The molecule has 1 saturated heterocycles. The summed E-state index contributed by atoms with van der Waals surface area (Å²) < 4.78 is 5.51. The molecule has 2 aliphatic rings. The summed E-state index contributed by atoms with van der Waals surface area (Å²) in [7, 11) is 1.25. The van der Waals surface area contributed by atoms with Gasteiger partial charge < -0.3 is 31.0 Å². The molecule has 202 valence electrons. The third-order valence-corrected chi connectivity index (χ3v) is 9.01. The number of methoxy groups -OCH3 is 1. The average molecular weight is 581 g/mol. The fourth-order valence-corrected chi connectivity index (χ4v) is 7.19. The Labute approximate surface area is 229 Å². The van der Waals surface area contributed by atoms with Crippen LogP contribution in [0.1, 0.15) is 17.8 Å². The Balaban J connectivity index is 1.55. The molecule has 0 spiro atoms. The summed E-state index contributed by atoms with van der Waals surface area (Å²) in [5, 5.41) is 34.3. The molecule has 2 aromatic rings. The van der Waals surface area contributed by atoms with Crippen molar-refractivity contribution >= 4 is 58.7 Å². The number of carboxylic acids is 1. The predicted molar refractivity (Wildman–Crippen MR) is 139 cm³/mol. The van der Waals surface area contributed by atoms with E-state index in [0.717, 1.165) is 4.90 Å². The van der Waals surface area contributed by atoms with Gasteiger partial charge in [-0.25, -0.2) is 9.59 Å². The standard InChI is InChI=1S/C22H24N6O7S3/c1-3-23-21(33)24-15(13-6-5-9-36-13)17(29)25-22(35-2)19(32)28-16(18(30)31)12(11-38-20(22)28)10-37-14-7-4-8-27(34)26-14/h4-9,15,20H,3,10-11H2,1-2H3,(H,25,29)(H,30,31)(H2,23,24,33)/t15?,20?,22-/m1/s1. The minimum absolute atomic E-state index is 0.186. The zero-order valence-corrected chi connectivity index (χ0v) is 22.7. The van der Waals surface area contributed by atoms with Crippen LogP contribution in [0.15, 0.2) is 52.1 Å². The number of ether oxygens (including phenoxy) is 1. The SMILES string of the molecule is CCNC(=O)NC(C(=O)N[C@@]1(OC)C(=O)N2C(C(=O)O)=C(CSc3ccc[n+]([O-])n3)CSC21)c1cccs1. The van der Waals surface area contributed by atoms with E-state index in [1.807, 2.05) is 0 Å². The number of thiophene rings is 1. The maximum Gasteiger partial charge on any atom is 0.352 e. The molecule has 2 aliphatic heterocycles. The Morgan fingerprint density at radius 1 is 1.39 bits per heavy atom. The summed E-state index contributed by atoms with van der Waals surface area (Å²) >= 11 is 3.66. The molecular formula is C22H24N6O7S3. The first-order valence-corrected chi connectivity index (χ1v) is 14.2. The third-order valence-electron chi connectivity index (χ3n) is 5.69. The van der Waals surface area contributed by atoms with E-state index in [1.54, 1.807) is 30.5 Å². The van der Waals surface area contributed by atoms with Gasteiger partial charge in [-0.2, -0.15) is 0 Å². The molecule has 0 aromatic carbocycles. The Morgan fingerprint density at radius 3 is 2.82 bits per heavy atom. The second kappa shape index (κ2) is 11.6. The summed E-state index contributed by atoms with van der Waals surface area (Å²) in [6, 6.07) is 4.89. The zero-order valence-electron chi connectivity index (χ0n) is 20.2. The highest BCUT2D eigenvalue weighted by Crippen LogP contribution is 2.47. The molecule has 1 fully saturated rings. The summed E-state index contributed by atoms with van der Waals surface area (Å²) in [6.45, 7) is 2.08. The number of aromatic nitrogens is 2. The molecule has 0 bridgehead atoms. The van der Waals surface area contributed by atoms with Crippen LogP contribution in [0.25, 0.3) is 0 Å². The van der Waals surface area contributed by atoms with Gasteiger partial charge in [0.2, 0.25) is 6.20 Å². The molecule has 0 aliphatic carbocycles. The minimum atomic E-state index is -1.82. The number of β-lactam (4-membered cyclic amide) rings is 1. The number of hydrogen-bond acceptors (Lipinski definition) is 10. The predicted octanol–water partition coefficient (Wildman–Crippen LogP) is 0.642. The van der Waals surface area contributed by atoms with Crippen molar-refractivity contribution in [3.05, 3.63) is 57.2 Å². The number of fused-ring (bicyclic) bond motifs is 1. The van der Waals surface area contributed by atoms with Crippen molar-refractivity contribution in [1.82, 2.24) is 25.9 Å². The molecule has 13 nitrogen and oxygen atoms in total. The Hall–Kier alpha value is -3.34. The van der Waals surface area contributed by atoms with E-state index >= 15 is 0 Å². The second-order valence-electron chi connectivity index (χ2n) is 8.01. The Kier molecular flexibility index (Phi) is 8.44. The highest BCUT2D eigenvalue weighted by atomic mass is 32.2. The monoisotopic (exact) mass is 580 g/mol. The molecule has 2 aromatic heterocycles. The van der Waals surface area contributed by atoms with Gasteiger partial charge in [0.25, 0.3) is 17.5 Å². The van der Waals surface area contributed by atoms with Crippen LogP contribution >= 0.6 is 34.9 Å². The fourth-order valence-electron chi connectivity index (χ4n) is 3.97. The number of carbonyl (C=O) groups is 4. The molecule has 0 radical (unpaired) electrons. The van der Waals surface area contributed by atoms with Gasteiger partial charge in [0, 0.05) is 41.2 Å². The number of nitrogens with zero attached hydrogens (tertiary/aromatic N) is 3. The number of rotatable bonds is 10. The number of hydrogen-bond donors (Lipinski definition) is 4. The van der Waals surface area contributed by atoms with Crippen LogP contribution in [-0.2, 0) is 19.1 Å². The van der Waals surface area contributed by atoms with Crippen LogP contribution in [0.4, 0.5) is 4.79 Å². The van der Waals surface area contributed by atoms with E-state index in [2.05, 4.69) is 21.0 Å². The molecule has 2 unspecified atom stereocenters. The normalized spacial score (nSPS) is 21.3. The first-order chi connectivity index (χ1) is 18.2. The van der Waals surface area contributed by atoms with Crippen LogP contribution in [0.3, 0.4) is 0 Å². The highest BCUT2D eigenvalue weighted by Gasteiger charge is 2.67. The lowest BCUT2D eigenvalue weighted by molar-refractivity contribution is -0.672. The number of thioether (sulfide) groups is 2. The van der Waals surface area contributed by atoms with E-state index in [1.165, 1.54) is 54.2 Å². The van der Waals surface area contributed by atoms with Crippen LogP contribution in [0, 0.1) is 5.21 Å². The Bertz CT molecular complexity index is 1270. The van der Waals surface area contributed by atoms with Gasteiger partial charge in [0.05, 0.1) is 0 Å². The van der Waals surface area contributed by atoms with Crippen LogP contribution in [-0.4, -0.2) is 75.2 Å². The van der Waals surface area contributed by atoms with E-state index in [4.69, 9.17) is 4.74 Å². The molecule has 38 heavy (non-hydrogen) atoms. The van der Waals surface area contributed by atoms with Crippen molar-refractivity contribution in [3.63, 3.8) is 0 Å². The van der Waals surface area contributed by atoms with Gasteiger partial charge in [-0.1, -0.05) is 22.7 Å². The van der Waals surface area contributed by atoms with Crippen molar-refractivity contribution in [2.45, 2.75) is 29.1 Å². The topological polar surface area (TPSA) is 177 Å². The molecule has 4 heterocycles. The Morgan fingerprint density at radius 2 is 2.18 bits per heavy atom. The lowest BCUT2D eigenvalue weighted by Gasteiger charge is -2.56. The fraction of sp³-hybridized carbons (Fsp3) is 0.364. The molecular weight excluding hydrogens is 556 g/mol. The number of carbonyl (C=O) groups excluding carboxylic acids is 3. The highest BCUT2D eigenvalue weighted by molar-refractivity contribution is 8.01. The second-order valence-corrected chi connectivity index (χ2v) is 11.1. The maximum atomic E-state index is 13.4. The molecule has 4 rings (SSSR count).